The van der Waals surface area contributed by atoms with E-state index in [1.165, 1.54) is 41.5 Å². The van der Waals surface area contributed by atoms with Crippen molar-refractivity contribution in [3.05, 3.63) is 82.8 Å². The van der Waals surface area contributed by atoms with Crippen LogP contribution in [0.5, 0.6) is 0 Å². The van der Waals surface area contributed by atoms with Gasteiger partial charge in [-0.1, -0.05) is 0 Å². The Hall–Kier alpha value is -3.68. The Morgan fingerprint density at radius 2 is 1.76 bits per heavy atom. The maximum Gasteiger partial charge on any atom is 0.261 e. The molecule has 4 aromatic rings. The minimum absolute atomic E-state index is 0.201. The summed E-state index contributed by atoms with van der Waals surface area (Å²) in [4.78, 5) is 26.6. The minimum atomic E-state index is -0.732. The van der Waals surface area contributed by atoms with Crippen LogP contribution in [0.1, 0.15) is 5.56 Å². The summed E-state index contributed by atoms with van der Waals surface area (Å²) in [5.41, 5.74) is 0.881. The van der Waals surface area contributed by atoms with E-state index in [4.69, 9.17) is 0 Å². The van der Waals surface area contributed by atoms with E-state index in [1.807, 2.05) is 14.1 Å². The molecular weight excluding hydrogens is 376 g/mol. The van der Waals surface area contributed by atoms with Gasteiger partial charge in [-0.3, -0.25) is 14.3 Å². The molecule has 0 spiro atoms. The van der Waals surface area contributed by atoms with Gasteiger partial charge in [0, 0.05) is 32.1 Å². The third-order valence-electron chi connectivity index (χ3n) is 4.63. The molecule has 0 aliphatic carbocycles. The molecule has 0 bridgehead atoms. The maximum absolute atomic E-state index is 14.8. The van der Waals surface area contributed by atoms with Crippen molar-refractivity contribution in [2.75, 3.05) is 19.0 Å². The zero-order chi connectivity index (χ0) is 20.5. The van der Waals surface area contributed by atoms with Crippen LogP contribution in [-0.4, -0.2) is 33.6 Å². The van der Waals surface area contributed by atoms with Gasteiger partial charge in [0.15, 0.2) is 0 Å². The number of nitrogens with zero attached hydrogens (tertiary/aromatic N) is 5. The molecule has 0 unspecified atom stereocenters. The Bertz CT molecular complexity index is 1250. The van der Waals surface area contributed by atoms with E-state index in [-0.39, 0.29) is 17.7 Å². The Kier molecular flexibility index (Phi) is 4.75. The molecule has 0 radical (unpaired) electrons. The monoisotopic (exact) mass is 393 g/mol. The van der Waals surface area contributed by atoms with E-state index >= 15 is 0 Å². The van der Waals surface area contributed by atoms with Crippen molar-refractivity contribution in [1.82, 2.24) is 19.5 Å². The molecule has 6 nitrogen and oxygen atoms in total. The highest BCUT2D eigenvalue weighted by Gasteiger charge is 2.15. The first-order valence-corrected chi connectivity index (χ1v) is 8.85. The lowest BCUT2D eigenvalue weighted by atomic mass is 10.0. The predicted molar refractivity (Wildman–Crippen MR) is 107 cm³/mol. The lowest BCUT2D eigenvalue weighted by Gasteiger charge is -2.13. The molecule has 1 aromatic carbocycles. The zero-order valence-corrected chi connectivity index (χ0v) is 15.8. The van der Waals surface area contributed by atoms with E-state index in [0.717, 1.165) is 0 Å². The lowest BCUT2D eigenvalue weighted by Crippen LogP contribution is -2.22. The highest BCUT2D eigenvalue weighted by atomic mass is 19.1. The van der Waals surface area contributed by atoms with Gasteiger partial charge in [0.2, 0.25) is 0 Å². The summed E-state index contributed by atoms with van der Waals surface area (Å²) in [5, 5.41) is 0.341. The summed E-state index contributed by atoms with van der Waals surface area (Å²) in [5.74, 6) is -0.787. The van der Waals surface area contributed by atoms with Crippen molar-refractivity contribution in [2.45, 2.75) is 6.54 Å². The molecule has 0 N–H and O–H groups in total. The molecule has 8 heteroatoms. The topological polar surface area (TPSA) is 63.9 Å². The van der Waals surface area contributed by atoms with E-state index < -0.39 is 11.6 Å². The summed E-state index contributed by atoms with van der Waals surface area (Å²) >= 11 is 0. The van der Waals surface area contributed by atoms with Crippen LogP contribution in [0, 0.1) is 11.6 Å². The SMILES string of the molecule is CN(C)c1cc(-c2cc(F)c(Cn3cnc4cnccc4c3=O)c(F)c2)ccn1. The van der Waals surface area contributed by atoms with Crippen molar-refractivity contribution >= 4 is 16.7 Å². The van der Waals surface area contributed by atoms with Crippen LogP contribution in [-0.2, 0) is 6.54 Å². The number of hydrogen-bond acceptors (Lipinski definition) is 5. The van der Waals surface area contributed by atoms with E-state index in [0.29, 0.717) is 27.8 Å². The first kappa shape index (κ1) is 18.7. The van der Waals surface area contributed by atoms with Gasteiger partial charge < -0.3 is 4.90 Å². The number of pyridine rings is 2. The largest absolute Gasteiger partial charge is 0.363 e. The molecule has 0 saturated carbocycles. The van der Waals surface area contributed by atoms with E-state index in [9.17, 15) is 13.6 Å². The molecule has 0 aliphatic rings. The lowest BCUT2D eigenvalue weighted by molar-refractivity contribution is 0.541. The first-order chi connectivity index (χ1) is 13.9. The van der Waals surface area contributed by atoms with Crippen molar-refractivity contribution in [1.29, 1.82) is 0 Å². The van der Waals surface area contributed by atoms with Gasteiger partial charge in [0.1, 0.15) is 17.5 Å². The van der Waals surface area contributed by atoms with Crippen molar-refractivity contribution in [2.24, 2.45) is 0 Å². The molecule has 29 heavy (non-hydrogen) atoms. The predicted octanol–water partition coefficient (Wildman–Crippen LogP) is 3.25. The molecule has 0 saturated heterocycles. The Morgan fingerprint density at radius 3 is 2.48 bits per heavy atom. The van der Waals surface area contributed by atoms with Gasteiger partial charge >= 0.3 is 0 Å². The Balaban J connectivity index is 1.73. The second kappa shape index (κ2) is 7.38. The van der Waals surface area contributed by atoms with Crippen LogP contribution in [0.25, 0.3) is 22.0 Å². The van der Waals surface area contributed by atoms with Crippen molar-refractivity contribution < 1.29 is 8.78 Å². The van der Waals surface area contributed by atoms with Gasteiger partial charge in [-0.25, -0.2) is 18.7 Å². The average Bonchev–Trinajstić information content (AvgIpc) is 2.72. The van der Waals surface area contributed by atoms with Gasteiger partial charge in [0.05, 0.1) is 30.0 Å². The zero-order valence-electron chi connectivity index (χ0n) is 15.8. The summed E-state index contributed by atoms with van der Waals surface area (Å²) in [6, 6.07) is 7.49. The van der Waals surface area contributed by atoms with Crippen LogP contribution in [0.3, 0.4) is 0 Å². The normalized spacial score (nSPS) is 11.0. The quantitative estimate of drug-likeness (QED) is 0.533. The summed E-state index contributed by atoms with van der Waals surface area (Å²) < 4.78 is 30.7. The van der Waals surface area contributed by atoms with Gasteiger partial charge in [0.25, 0.3) is 5.56 Å². The van der Waals surface area contributed by atoms with Crippen LogP contribution in [0.4, 0.5) is 14.6 Å². The highest BCUT2D eigenvalue weighted by molar-refractivity contribution is 5.75. The van der Waals surface area contributed by atoms with Gasteiger partial charge in [-0.15, -0.1) is 0 Å². The third kappa shape index (κ3) is 3.56. The summed E-state index contributed by atoms with van der Waals surface area (Å²) in [6.45, 7) is -0.263. The fourth-order valence-corrected chi connectivity index (χ4v) is 3.06. The van der Waals surface area contributed by atoms with Gasteiger partial charge in [-0.05, 0) is 41.5 Å². The summed E-state index contributed by atoms with van der Waals surface area (Å²) in [6.07, 6.45) is 5.80. The second-order valence-corrected chi connectivity index (χ2v) is 6.79. The fraction of sp³-hybridized carbons (Fsp3) is 0.143. The number of rotatable bonds is 4. The Labute approximate surface area is 165 Å². The van der Waals surface area contributed by atoms with E-state index in [2.05, 4.69) is 15.0 Å². The van der Waals surface area contributed by atoms with Gasteiger partial charge in [-0.2, -0.15) is 0 Å². The fourth-order valence-electron chi connectivity index (χ4n) is 3.06. The van der Waals surface area contributed by atoms with Crippen LogP contribution in [0.15, 0.2) is 60.0 Å². The van der Waals surface area contributed by atoms with Crippen molar-refractivity contribution in [3.63, 3.8) is 0 Å². The molecule has 0 aliphatic heterocycles. The molecule has 3 aromatic heterocycles. The number of halogens is 2. The van der Waals surface area contributed by atoms with Crippen LogP contribution < -0.4 is 10.5 Å². The number of aromatic nitrogens is 4. The number of fused-ring (bicyclic) bond motifs is 1. The second-order valence-electron chi connectivity index (χ2n) is 6.79. The molecule has 0 atom stereocenters. The molecule has 3 heterocycles. The van der Waals surface area contributed by atoms with Crippen molar-refractivity contribution in [3.8, 4) is 11.1 Å². The molecule has 0 amide bonds. The van der Waals surface area contributed by atoms with E-state index in [1.54, 1.807) is 23.2 Å². The number of hydrogen-bond donors (Lipinski definition) is 0. The smallest absolute Gasteiger partial charge is 0.261 e. The summed E-state index contributed by atoms with van der Waals surface area (Å²) in [7, 11) is 3.67. The third-order valence-corrected chi connectivity index (χ3v) is 4.63. The highest BCUT2D eigenvalue weighted by Crippen LogP contribution is 2.26. The van der Waals surface area contributed by atoms with Crippen LogP contribution >= 0.6 is 0 Å². The molecule has 146 valence electrons. The minimum Gasteiger partial charge on any atom is -0.363 e. The standard InChI is InChI=1S/C21H17F2N5O/c1-27(2)20-9-13(3-6-25-20)14-7-17(22)16(18(23)8-14)11-28-12-26-19-10-24-5-4-15(19)21(28)29/h3-10,12H,11H2,1-2H3. The first-order valence-electron chi connectivity index (χ1n) is 8.85. The Morgan fingerprint density at radius 1 is 1.00 bits per heavy atom. The molecule has 0 fully saturated rings. The molecule has 4 rings (SSSR count). The maximum atomic E-state index is 14.8. The number of anilines is 1. The molecular formula is C21H17F2N5O. The average molecular weight is 393 g/mol. The van der Waals surface area contributed by atoms with Crippen LogP contribution in [0.2, 0.25) is 0 Å². The number of benzene rings is 1.